The normalized spacial score (nSPS) is 14.8. The molecule has 0 amide bonds. The lowest BCUT2D eigenvalue weighted by Crippen LogP contribution is -2.24. The van der Waals surface area contributed by atoms with Gasteiger partial charge in [0.25, 0.3) is 5.56 Å². The molecule has 1 aromatic carbocycles. The number of anilines is 1. The standard InChI is InChI=1S/C24H25FN4O3/c1-13-9-17(14(2)27-21-19(24(31)32)11-16(25)12-26-21)20-18(10-13)23(30)29(3)22(28-20)15-7-5-4-6-8-15/h7,9-12,14H,4-6,8H2,1-3H3,(H,26,27)(H,31,32)/t14-/m1/s1. The van der Waals surface area contributed by atoms with Gasteiger partial charge in [-0.2, -0.15) is 0 Å². The van der Waals surface area contributed by atoms with Crippen molar-refractivity contribution in [3.8, 4) is 0 Å². The molecule has 0 saturated carbocycles. The van der Waals surface area contributed by atoms with Crippen LogP contribution in [0.15, 0.2) is 35.3 Å². The SMILES string of the molecule is Cc1cc([C@@H](C)Nc2ncc(F)cc2C(=O)O)c2nc(C3=CCCCC3)n(C)c(=O)c2c1. The smallest absolute Gasteiger partial charge is 0.339 e. The number of aromatic carboxylic acids is 1. The molecule has 8 heteroatoms. The van der Waals surface area contributed by atoms with Crippen LogP contribution in [0.2, 0.25) is 0 Å². The van der Waals surface area contributed by atoms with Crippen molar-refractivity contribution in [2.75, 3.05) is 5.32 Å². The van der Waals surface area contributed by atoms with Crippen molar-refractivity contribution in [2.24, 2.45) is 7.05 Å². The summed E-state index contributed by atoms with van der Waals surface area (Å²) in [6.07, 6.45) is 7.16. The Kier molecular flexibility index (Phi) is 5.78. The molecule has 1 aliphatic carbocycles. The third kappa shape index (κ3) is 4.00. The summed E-state index contributed by atoms with van der Waals surface area (Å²) >= 11 is 0. The fourth-order valence-electron chi connectivity index (χ4n) is 4.21. The molecule has 0 radical (unpaired) electrons. The van der Waals surface area contributed by atoms with Crippen LogP contribution in [0, 0.1) is 12.7 Å². The Hall–Kier alpha value is -3.55. The van der Waals surface area contributed by atoms with Gasteiger partial charge in [0.05, 0.1) is 23.1 Å². The first-order chi connectivity index (χ1) is 15.3. The molecule has 0 unspecified atom stereocenters. The topological polar surface area (TPSA) is 97.1 Å². The van der Waals surface area contributed by atoms with Crippen molar-refractivity contribution in [1.29, 1.82) is 0 Å². The molecular weight excluding hydrogens is 411 g/mol. The van der Waals surface area contributed by atoms with Crippen molar-refractivity contribution in [3.05, 3.63) is 69.2 Å². The summed E-state index contributed by atoms with van der Waals surface area (Å²) < 4.78 is 15.1. The van der Waals surface area contributed by atoms with Gasteiger partial charge in [0.15, 0.2) is 0 Å². The summed E-state index contributed by atoms with van der Waals surface area (Å²) in [5.41, 5.74) is 2.89. The molecule has 0 spiro atoms. The number of benzene rings is 1. The zero-order valence-electron chi connectivity index (χ0n) is 18.3. The number of aryl methyl sites for hydroxylation is 1. The highest BCUT2D eigenvalue weighted by Gasteiger charge is 2.21. The highest BCUT2D eigenvalue weighted by molar-refractivity contribution is 5.93. The first kappa shape index (κ1) is 21.7. The fourth-order valence-corrected chi connectivity index (χ4v) is 4.21. The van der Waals surface area contributed by atoms with Crippen LogP contribution in [0.4, 0.5) is 10.2 Å². The highest BCUT2D eigenvalue weighted by Crippen LogP contribution is 2.30. The second-order valence-electron chi connectivity index (χ2n) is 8.25. The number of carboxylic acid groups (broad SMARTS) is 1. The van der Waals surface area contributed by atoms with E-state index in [0.29, 0.717) is 16.7 Å². The number of carboxylic acids is 1. The molecule has 0 saturated heterocycles. The van der Waals surface area contributed by atoms with Gasteiger partial charge in [-0.3, -0.25) is 9.36 Å². The summed E-state index contributed by atoms with van der Waals surface area (Å²) in [5, 5.41) is 13.0. The van der Waals surface area contributed by atoms with E-state index in [1.54, 1.807) is 11.6 Å². The quantitative estimate of drug-likeness (QED) is 0.607. The van der Waals surface area contributed by atoms with Crippen LogP contribution in [0.25, 0.3) is 16.5 Å². The molecule has 3 aromatic rings. The van der Waals surface area contributed by atoms with Crippen LogP contribution in [-0.2, 0) is 7.05 Å². The summed E-state index contributed by atoms with van der Waals surface area (Å²) in [6, 6.07) is 4.25. The van der Waals surface area contributed by atoms with E-state index in [2.05, 4.69) is 16.4 Å². The average Bonchev–Trinajstić information content (AvgIpc) is 2.77. The maximum atomic E-state index is 13.5. The van der Waals surface area contributed by atoms with E-state index >= 15 is 0 Å². The molecule has 2 aromatic heterocycles. The van der Waals surface area contributed by atoms with E-state index in [1.165, 1.54) is 0 Å². The van der Waals surface area contributed by atoms with Crippen molar-refractivity contribution in [2.45, 2.75) is 45.6 Å². The van der Waals surface area contributed by atoms with E-state index in [4.69, 9.17) is 4.98 Å². The van der Waals surface area contributed by atoms with E-state index in [0.717, 1.165) is 54.6 Å². The molecule has 1 atom stereocenters. The fraction of sp³-hybridized carbons (Fsp3) is 0.333. The highest BCUT2D eigenvalue weighted by atomic mass is 19.1. The first-order valence-corrected chi connectivity index (χ1v) is 10.6. The van der Waals surface area contributed by atoms with Gasteiger partial charge in [0, 0.05) is 12.6 Å². The Morgan fingerprint density at radius 3 is 2.75 bits per heavy atom. The van der Waals surface area contributed by atoms with Gasteiger partial charge in [-0.1, -0.05) is 12.1 Å². The van der Waals surface area contributed by atoms with Crippen LogP contribution in [-0.4, -0.2) is 25.6 Å². The number of hydrogen-bond acceptors (Lipinski definition) is 5. The number of carbonyl (C=O) groups is 1. The summed E-state index contributed by atoms with van der Waals surface area (Å²) in [4.78, 5) is 33.6. The van der Waals surface area contributed by atoms with Crippen LogP contribution in [0.1, 0.15) is 66.0 Å². The predicted octanol–water partition coefficient (Wildman–Crippen LogP) is 4.60. The number of rotatable bonds is 5. The van der Waals surface area contributed by atoms with Crippen molar-refractivity contribution >= 4 is 28.3 Å². The lowest BCUT2D eigenvalue weighted by atomic mass is 9.97. The van der Waals surface area contributed by atoms with Gasteiger partial charge < -0.3 is 10.4 Å². The van der Waals surface area contributed by atoms with Gasteiger partial charge in [0.2, 0.25) is 0 Å². The molecular formula is C24H25FN4O3. The number of hydrogen-bond donors (Lipinski definition) is 2. The molecule has 7 nitrogen and oxygen atoms in total. The van der Waals surface area contributed by atoms with Gasteiger partial charge in [-0.25, -0.2) is 19.2 Å². The largest absolute Gasteiger partial charge is 0.478 e. The minimum absolute atomic E-state index is 0.0557. The maximum absolute atomic E-state index is 13.5. The summed E-state index contributed by atoms with van der Waals surface area (Å²) in [6.45, 7) is 3.73. The second kappa shape index (κ2) is 8.53. The number of nitrogens with zero attached hydrogens (tertiary/aromatic N) is 3. The van der Waals surface area contributed by atoms with Gasteiger partial charge in [-0.05, 0) is 62.8 Å². The number of allylic oxidation sites excluding steroid dienone is 2. The minimum Gasteiger partial charge on any atom is -0.478 e. The zero-order valence-corrected chi connectivity index (χ0v) is 18.3. The first-order valence-electron chi connectivity index (χ1n) is 10.6. The Bertz CT molecular complexity index is 1310. The van der Waals surface area contributed by atoms with Crippen molar-refractivity contribution in [3.63, 3.8) is 0 Å². The molecule has 0 aliphatic heterocycles. The molecule has 166 valence electrons. The van der Waals surface area contributed by atoms with E-state index in [-0.39, 0.29) is 16.9 Å². The Balaban J connectivity index is 1.85. The number of fused-ring (bicyclic) bond motifs is 1. The minimum atomic E-state index is -1.28. The molecule has 32 heavy (non-hydrogen) atoms. The lowest BCUT2D eigenvalue weighted by Gasteiger charge is -2.21. The zero-order chi connectivity index (χ0) is 23.0. The Morgan fingerprint density at radius 1 is 1.28 bits per heavy atom. The summed E-state index contributed by atoms with van der Waals surface area (Å²) in [5.74, 6) is -1.29. The van der Waals surface area contributed by atoms with Gasteiger partial charge in [0.1, 0.15) is 23.0 Å². The third-order valence-corrected chi connectivity index (χ3v) is 5.84. The number of pyridine rings is 1. The Morgan fingerprint density at radius 2 is 2.06 bits per heavy atom. The number of nitrogens with one attached hydrogen (secondary N) is 1. The number of aromatic nitrogens is 3. The molecule has 1 aliphatic rings. The van der Waals surface area contributed by atoms with E-state index in [1.807, 2.05) is 26.0 Å². The lowest BCUT2D eigenvalue weighted by molar-refractivity contribution is 0.0697. The van der Waals surface area contributed by atoms with E-state index < -0.39 is 17.8 Å². The molecule has 2 heterocycles. The van der Waals surface area contributed by atoms with Crippen LogP contribution >= 0.6 is 0 Å². The maximum Gasteiger partial charge on any atom is 0.339 e. The van der Waals surface area contributed by atoms with Crippen LogP contribution in [0.5, 0.6) is 0 Å². The van der Waals surface area contributed by atoms with Gasteiger partial charge >= 0.3 is 5.97 Å². The summed E-state index contributed by atoms with van der Waals surface area (Å²) in [7, 11) is 1.74. The number of halogens is 1. The third-order valence-electron chi connectivity index (χ3n) is 5.84. The van der Waals surface area contributed by atoms with E-state index in [9.17, 15) is 19.1 Å². The monoisotopic (exact) mass is 436 g/mol. The second-order valence-corrected chi connectivity index (χ2v) is 8.25. The molecule has 4 rings (SSSR count). The van der Waals surface area contributed by atoms with Gasteiger partial charge in [-0.15, -0.1) is 0 Å². The molecule has 2 N–H and O–H groups in total. The molecule has 0 fully saturated rings. The average molecular weight is 436 g/mol. The van der Waals surface area contributed by atoms with Crippen molar-refractivity contribution < 1.29 is 14.3 Å². The van der Waals surface area contributed by atoms with Crippen LogP contribution < -0.4 is 10.9 Å². The predicted molar refractivity (Wildman–Crippen MR) is 121 cm³/mol. The Labute approximate surface area is 184 Å². The van der Waals surface area contributed by atoms with Crippen molar-refractivity contribution in [1.82, 2.24) is 14.5 Å². The molecule has 0 bridgehead atoms. The van der Waals surface area contributed by atoms with Crippen LogP contribution in [0.3, 0.4) is 0 Å².